The fraction of sp³-hybridized carbons (Fsp3) is 0. The first-order valence-corrected chi connectivity index (χ1v) is 11.1. The number of imidazole rings is 1. The number of para-hydroxylation sites is 3. The Morgan fingerprint density at radius 1 is 0.455 bits per heavy atom. The van der Waals surface area contributed by atoms with E-state index in [1.165, 1.54) is 10.8 Å². The van der Waals surface area contributed by atoms with Gasteiger partial charge in [-0.05, 0) is 47.9 Å². The van der Waals surface area contributed by atoms with Gasteiger partial charge < -0.3 is 0 Å². The predicted octanol–water partition coefficient (Wildman–Crippen LogP) is 7.52. The van der Waals surface area contributed by atoms with E-state index < -0.39 is 0 Å². The van der Waals surface area contributed by atoms with E-state index in [4.69, 9.17) is 9.97 Å². The number of benzene rings is 4. The lowest BCUT2D eigenvalue weighted by molar-refractivity contribution is 1.31. The van der Waals surface area contributed by atoms with Crippen LogP contribution in [0, 0.1) is 0 Å². The van der Waals surface area contributed by atoms with E-state index in [0.29, 0.717) is 0 Å². The van der Waals surface area contributed by atoms with Crippen LogP contribution in [0.5, 0.6) is 0 Å². The molecule has 0 radical (unpaired) electrons. The largest absolute Gasteiger partial charge is 0.292 e. The quantitative estimate of drug-likeness (QED) is 0.270. The van der Waals surface area contributed by atoms with Crippen LogP contribution in [0.1, 0.15) is 0 Å². The molecule has 154 valence electrons. The fourth-order valence-corrected chi connectivity index (χ4v) is 4.83. The molecule has 0 aliphatic heterocycles. The van der Waals surface area contributed by atoms with Crippen molar-refractivity contribution in [1.82, 2.24) is 14.4 Å². The standard InChI is InChI=1S/C30H19N3/c1-2-9-20(10-3-1)25-13-8-14-26(31-25)21-17-18-23-24(19-21)22-11-4-6-15-28(22)33-29-16-7-5-12-27(29)32-30(23)33/h1-19H. The van der Waals surface area contributed by atoms with Crippen molar-refractivity contribution in [2.24, 2.45) is 0 Å². The van der Waals surface area contributed by atoms with Crippen molar-refractivity contribution in [2.45, 2.75) is 0 Å². The van der Waals surface area contributed by atoms with Crippen LogP contribution in [0.2, 0.25) is 0 Å². The summed E-state index contributed by atoms with van der Waals surface area (Å²) in [5, 5.41) is 3.55. The van der Waals surface area contributed by atoms with Gasteiger partial charge in [0.15, 0.2) is 0 Å². The van der Waals surface area contributed by atoms with E-state index in [-0.39, 0.29) is 0 Å². The highest BCUT2D eigenvalue weighted by atomic mass is 15.0. The van der Waals surface area contributed by atoms with Gasteiger partial charge in [-0.1, -0.05) is 72.8 Å². The van der Waals surface area contributed by atoms with Crippen LogP contribution in [0.25, 0.3) is 60.9 Å². The van der Waals surface area contributed by atoms with Crippen molar-refractivity contribution in [3.63, 3.8) is 0 Å². The van der Waals surface area contributed by atoms with E-state index in [0.717, 1.165) is 50.1 Å². The molecular formula is C30H19N3. The summed E-state index contributed by atoms with van der Waals surface area (Å²) in [6.07, 6.45) is 0. The van der Waals surface area contributed by atoms with Crippen LogP contribution in [0.4, 0.5) is 0 Å². The van der Waals surface area contributed by atoms with Crippen LogP contribution in [-0.4, -0.2) is 14.4 Å². The van der Waals surface area contributed by atoms with E-state index in [1.807, 2.05) is 24.3 Å². The number of aromatic nitrogens is 3. The molecule has 0 aliphatic carbocycles. The topological polar surface area (TPSA) is 30.2 Å². The number of hydrogen-bond acceptors (Lipinski definition) is 2. The van der Waals surface area contributed by atoms with Gasteiger partial charge in [-0.15, -0.1) is 0 Å². The highest BCUT2D eigenvalue weighted by Gasteiger charge is 2.14. The Morgan fingerprint density at radius 2 is 1.18 bits per heavy atom. The summed E-state index contributed by atoms with van der Waals surface area (Å²) >= 11 is 0. The summed E-state index contributed by atoms with van der Waals surface area (Å²) in [7, 11) is 0. The van der Waals surface area contributed by atoms with Crippen molar-refractivity contribution in [3.05, 3.63) is 115 Å². The SMILES string of the molecule is c1ccc(-c2cccc(-c3ccc4c(c3)c3ccccc3n3c5ccccc5nc43)n2)cc1. The molecule has 4 aromatic carbocycles. The molecule has 0 aliphatic rings. The molecule has 33 heavy (non-hydrogen) atoms. The van der Waals surface area contributed by atoms with Gasteiger partial charge in [-0.25, -0.2) is 9.97 Å². The van der Waals surface area contributed by atoms with Crippen LogP contribution < -0.4 is 0 Å². The highest BCUT2D eigenvalue weighted by Crippen LogP contribution is 2.34. The molecule has 3 heterocycles. The number of rotatable bonds is 2. The lowest BCUT2D eigenvalue weighted by atomic mass is 10.0. The Bertz CT molecular complexity index is 1810. The maximum atomic E-state index is 5.00. The number of nitrogens with zero attached hydrogens (tertiary/aromatic N) is 3. The van der Waals surface area contributed by atoms with E-state index in [9.17, 15) is 0 Å². The molecule has 0 fully saturated rings. The lowest BCUT2D eigenvalue weighted by Crippen LogP contribution is -1.92. The van der Waals surface area contributed by atoms with Gasteiger partial charge in [-0.2, -0.15) is 0 Å². The Balaban J connectivity index is 1.52. The third-order valence-electron chi connectivity index (χ3n) is 6.37. The maximum Gasteiger partial charge on any atom is 0.146 e. The van der Waals surface area contributed by atoms with Gasteiger partial charge in [0.05, 0.1) is 27.9 Å². The Kier molecular flexibility index (Phi) is 3.84. The molecule has 3 nitrogen and oxygen atoms in total. The molecule has 3 aromatic heterocycles. The normalized spacial score (nSPS) is 11.6. The van der Waals surface area contributed by atoms with Crippen molar-refractivity contribution < 1.29 is 0 Å². The van der Waals surface area contributed by atoms with E-state index in [2.05, 4.69) is 95.4 Å². The fourth-order valence-electron chi connectivity index (χ4n) is 4.83. The number of fused-ring (bicyclic) bond motifs is 8. The summed E-state index contributed by atoms with van der Waals surface area (Å²) < 4.78 is 2.28. The van der Waals surface area contributed by atoms with Gasteiger partial charge in [0.1, 0.15) is 5.65 Å². The van der Waals surface area contributed by atoms with Gasteiger partial charge in [0.2, 0.25) is 0 Å². The van der Waals surface area contributed by atoms with E-state index in [1.54, 1.807) is 0 Å². The van der Waals surface area contributed by atoms with Crippen LogP contribution >= 0.6 is 0 Å². The summed E-state index contributed by atoms with van der Waals surface area (Å²) in [5.74, 6) is 0. The van der Waals surface area contributed by atoms with Gasteiger partial charge in [0.25, 0.3) is 0 Å². The van der Waals surface area contributed by atoms with Crippen molar-refractivity contribution >= 4 is 38.4 Å². The zero-order valence-electron chi connectivity index (χ0n) is 17.8. The second kappa shape index (κ2) is 7.01. The monoisotopic (exact) mass is 421 g/mol. The molecule has 0 N–H and O–H groups in total. The summed E-state index contributed by atoms with van der Waals surface area (Å²) in [6.45, 7) is 0. The van der Waals surface area contributed by atoms with E-state index >= 15 is 0 Å². The van der Waals surface area contributed by atoms with Gasteiger partial charge in [-0.3, -0.25) is 4.40 Å². The number of pyridine rings is 2. The molecule has 7 aromatic rings. The smallest absolute Gasteiger partial charge is 0.146 e. The number of hydrogen-bond donors (Lipinski definition) is 0. The molecule has 0 bridgehead atoms. The maximum absolute atomic E-state index is 5.00. The predicted molar refractivity (Wildman–Crippen MR) is 136 cm³/mol. The lowest BCUT2D eigenvalue weighted by Gasteiger charge is -2.11. The first kappa shape index (κ1) is 18.1. The minimum atomic E-state index is 0.968. The molecule has 3 heteroatoms. The van der Waals surface area contributed by atoms with Gasteiger partial charge in [0, 0.05) is 21.9 Å². The summed E-state index contributed by atoms with van der Waals surface area (Å²) in [5.41, 5.74) is 8.47. The third kappa shape index (κ3) is 2.76. The van der Waals surface area contributed by atoms with Crippen LogP contribution in [-0.2, 0) is 0 Å². The molecule has 0 spiro atoms. The highest BCUT2D eigenvalue weighted by molar-refractivity contribution is 6.14. The summed E-state index contributed by atoms with van der Waals surface area (Å²) in [4.78, 5) is 9.97. The summed E-state index contributed by atoms with van der Waals surface area (Å²) in [6, 6.07) is 40.1. The first-order chi connectivity index (χ1) is 16.4. The molecule has 0 amide bonds. The second-order valence-electron chi connectivity index (χ2n) is 8.31. The zero-order valence-corrected chi connectivity index (χ0v) is 17.8. The zero-order chi connectivity index (χ0) is 21.8. The Morgan fingerprint density at radius 3 is 2.06 bits per heavy atom. The van der Waals surface area contributed by atoms with Gasteiger partial charge >= 0.3 is 0 Å². The third-order valence-corrected chi connectivity index (χ3v) is 6.37. The van der Waals surface area contributed by atoms with Crippen molar-refractivity contribution in [3.8, 4) is 22.5 Å². The first-order valence-electron chi connectivity index (χ1n) is 11.1. The minimum Gasteiger partial charge on any atom is -0.292 e. The average molecular weight is 422 g/mol. The second-order valence-corrected chi connectivity index (χ2v) is 8.31. The van der Waals surface area contributed by atoms with Crippen LogP contribution in [0.3, 0.4) is 0 Å². The molecule has 0 saturated carbocycles. The molecule has 0 saturated heterocycles. The molecular weight excluding hydrogens is 402 g/mol. The molecule has 7 rings (SSSR count). The molecule has 0 atom stereocenters. The van der Waals surface area contributed by atoms with Crippen molar-refractivity contribution in [1.29, 1.82) is 0 Å². The minimum absolute atomic E-state index is 0.968. The van der Waals surface area contributed by atoms with Crippen molar-refractivity contribution in [2.75, 3.05) is 0 Å². The molecule has 0 unspecified atom stereocenters. The van der Waals surface area contributed by atoms with Crippen LogP contribution in [0.15, 0.2) is 115 Å². The average Bonchev–Trinajstić information content (AvgIpc) is 3.29. The Labute approximate surface area is 190 Å². The Hall–Kier alpha value is -4.50.